The fourth-order valence-corrected chi connectivity index (χ4v) is 3.58. The van der Waals surface area contributed by atoms with Gasteiger partial charge in [0.2, 0.25) is 0 Å². The quantitative estimate of drug-likeness (QED) is 0.570. The van der Waals surface area contributed by atoms with E-state index in [0.717, 1.165) is 18.4 Å². The van der Waals surface area contributed by atoms with Crippen molar-refractivity contribution in [1.29, 1.82) is 0 Å². The zero-order valence-corrected chi connectivity index (χ0v) is 15.3. The molecule has 0 radical (unpaired) electrons. The molecule has 5 rings (SSSR count). The molecule has 1 N–H and O–H groups in total. The number of carbonyl (C=O) groups is 1. The van der Waals surface area contributed by atoms with Gasteiger partial charge in [-0.3, -0.25) is 9.78 Å². The van der Waals surface area contributed by atoms with Gasteiger partial charge in [0.1, 0.15) is 11.6 Å². The third kappa shape index (κ3) is 3.04. The highest BCUT2D eigenvalue weighted by molar-refractivity contribution is 6.06. The second kappa shape index (κ2) is 6.48. The molecule has 1 saturated carbocycles. The van der Waals surface area contributed by atoms with Crippen molar-refractivity contribution in [2.75, 3.05) is 0 Å². The number of fused-ring (bicyclic) bond motifs is 1. The lowest BCUT2D eigenvalue weighted by Gasteiger charge is -2.18. The van der Waals surface area contributed by atoms with E-state index in [2.05, 4.69) is 15.4 Å². The summed E-state index contributed by atoms with van der Waals surface area (Å²) >= 11 is 0. The highest BCUT2D eigenvalue weighted by Crippen LogP contribution is 2.45. The van der Waals surface area contributed by atoms with Crippen molar-refractivity contribution >= 4 is 16.8 Å². The summed E-state index contributed by atoms with van der Waals surface area (Å²) in [5, 5.41) is 8.08. The molecule has 0 spiro atoms. The fourth-order valence-electron chi connectivity index (χ4n) is 3.58. The van der Waals surface area contributed by atoms with E-state index in [9.17, 15) is 13.6 Å². The van der Waals surface area contributed by atoms with Crippen LogP contribution in [0.15, 0.2) is 67.1 Å². The second-order valence-corrected chi connectivity index (χ2v) is 7.20. The van der Waals surface area contributed by atoms with Crippen LogP contribution in [0.3, 0.4) is 0 Å². The molecule has 1 amide bonds. The van der Waals surface area contributed by atoms with E-state index in [4.69, 9.17) is 0 Å². The van der Waals surface area contributed by atoms with Gasteiger partial charge in [0.25, 0.3) is 5.91 Å². The predicted octanol–water partition coefficient (Wildman–Crippen LogP) is 4.12. The molecule has 0 aliphatic heterocycles. The summed E-state index contributed by atoms with van der Waals surface area (Å²) in [5.41, 5.74) is 2.14. The predicted molar refractivity (Wildman–Crippen MR) is 104 cm³/mol. The number of nitrogens with one attached hydrogen (secondary N) is 1. The van der Waals surface area contributed by atoms with Gasteiger partial charge in [0.15, 0.2) is 0 Å². The first-order valence-electron chi connectivity index (χ1n) is 9.22. The summed E-state index contributed by atoms with van der Waals surface area (Å²) in [4.78, 5) is 17.2. The largest absolute Gasteiger partial charge is 0.342 e. The Morgan fingerprint density at radius 1 is 0.931 bits per heavy atom. The van der Waals surface area contributed by atoms with Crippen LogP contribution in [0.25, 0.3) is 16.6 Å². The lowest BCUT2D eigenvalue weighted by Crippen LogP contribution is -2.35. The lowest BCUT2D eigenvalue weighted by atomic mass is 10.0. The zero-order chi connectivity index (χ0) is 20.0. The Morgan fingerprint density at radius 2 is 1.59 bits per heavy atom. The first-order valence-corrected chi connectivity index (χ1v) is 9.22. The highest BCUT2D eigenvalue weighted by Gasteiger charge is 2.45. The van der Waals surface area contributed by atoms with Gasteiger partial charge in [0.05, 0.1) is 34.7 Å². The van der Waals surface area contributed by atoms with E-state index in [-0.39, 0.29) is 17.5 Å². The number of benzene rings is 2. The number of carbonyl (C=O) groups excluding carboxylic acids is 1. The fraction of sp³-hybridized carbons (Fsp3) is 0.136. The Kier molecular flexibility index (Phi) is 3.91. The standard InChI is InChI=1S/C22H16F2N4O/c23-15-3-1-14(2-4-15)22(9-10-22)27-21(29)19-11-25-13-20-18(19)12-26-28(20)17-7-5-16(24)6-8-17/h1-8,11-13H,9-10H2,(H,27,29). The average molecular weight is 390 g/mol. The van der Waals surface area contributed by atoms with Crippen LogP contribution in [-0.2, 0) is 5.54 Å². The summed E-state index contributed by atoms with van der Waals surface area (Å²) < 4.78 is 28.1. The maximum absolute atomic E-state index is 13.2. The van der Waals surface area contributed by atoms with Gasteiger partial charge >= 0.3 is 0 Å². The summed E-state index contributed by atoms with van der Waals surface area (Å²) in [6, 6.07) is 12.1. The Labute approximate surface area is 165 Å². The molecule has 1 fully saturated rings. The number of hydrogen-bond acceptors (Lipinski definition) is 3. The Hall–Kier alpha value is -3.61. The van der Waals surface area contributed by atoms with Crippen molar-refractivity contribution in [2.45, 2.75) is 18.4 Å². The Balaban J connectivity index is 1.48. The Bertz CT molecular complexity index is 1210. The SMILES string of the molecule is O=C(NC1(c2ccc(F)cc2)CC1)c1cncc2c1cnn2-c1ccc(F)cc1. The zero-order valence-electron chi connectivity index (χ0n) is 15.3. The molecule has 2 aromatic carbocycles. The summed E-state index contributed by atoms with van der Waals surface area (Å²) in [6.07, 6.45) is 6.32. The first-order chi connectivity index (χ1) is 14.1. The smallest absolute Gasteiger partial charge is 0.254 e. The monoisotopic (exact) mass is 390 g/mol. The van der Waals surface area contributed by atoms with Gasteiger partial charge in [-0.25, -0.2) is 13.5 Å². The number of nitrogens with zero attached hydrogens (tertiary/aromatic N) is 3. The summed E-state index contributed by atoms with van der Waals surface area (Å²) in [6.45, 7) is 0. The molecule has 7 heteroatoms. The maximum Gasteiger partial charge on any atom is 0.254 e. The van der Waals surface area contributed by atoms with Crippen LogP contribution in [0.2, 0.25) is 0 Å². The third-order valence-electron chi connectivity index (χ3n) is 5.31. The van der Waals surface area contributed by atoms with Crippen LogP contribution in [0, 0.1) is 11.6 Å². The number of rotatable bonds is 4. The van der Waals surface area contributed by atoms with Crippen LogP contribution in [0.5, 0.6) is 0 Å². The van der Waals surface area contributed by atoms with Gasteiger partial charge in [-0.05, 0) is 54.8 Å². The van der Waals surface area contributed by atoms with Gasteiger partial charge in [-0.2, -0.15) is 5.10 Å². The van der Waals surface area contributed by atoms with E-state index in [1.165, 1.54) is 30.5 Å². The Morgan fingerprint density at radius 3 is 2.24 bits per heavy atom. The molecule has 2 heterocycles. The number of hydrogen-bond donors (Lipinski definition) is 1. The minimum Gasteiger partial charge on any atom is -0.342 e. The number of amides is 1. The van der Waals surface area contributed by atoms with Crippen LogP contribution in [0.4, 0.5) is 8.78 Å². The molecule has 5 nitrogen and oxygen atoms in total. The second-order valence-electron chi connectivity index (χ2n) is 7.20. The number of aromatic nitrogens is 3. The van der Waals surface area contributed by atoms with Crippen LogP contribution in [-0.4, -0.2) is 20.7 Å². The van der Waals surface area contributed by atoms with E-state index in [1.807, 2.05) is 0 Å². The molecule has 0 atom stereocenters. The molecule has 29 heavy (non-hydrogen) atoms. The van der Waals surface area contributed by atoms with E-state index < -0.39 is 5.54 Å². The normalized spacial score (nSPS) is 14.7. The summed E-state index contributed by atoms with van der Waals surface area (Å²) in [7, 11) is 0. The number of pyridine rings is 1. The molecule has 1 aliphatic rings. The third-order valence-corrected chi connectivity index (χ3v) is 5.31. The molecule has 0 bridgehead atoms. The van der Waals surface area contributed by atoms with Crippen molar-refractivity contribution in [3.05, 3.63) is 89.9 Å². The van der Waals surface area contributed by atoms with Crippen molar-refractivity contribution in [3.8, 4) is 5.69 Å². The van der Waals surface area contributed by atoms with E-state index in [1.54, 1.807) is 41.3 Å². The van der Waals surface area contributed by atoms with Crippen LogP contribution >= 0.6 is 0 Å². The molecule has 1 aliphatic carbocycles. The summed E-state index contributed by atoms with van der Waals surface area (Å²) in [5.74, 6) is -0.902. The van der Waals surface area contributed by atoms with E-state index in [0.29, 0.717) is 22.2 Å². The molecular weight excluding hydrogens is 374 g/mol. The van der Waals surface area contributed by atoms with Gasteiger partial charge in [0, 0.05) is 11.6 Å². The van der Waals surface area contributed by atoms with Gasteiger partial charge in [-0.1, -0.05) is 12.1 Å². The first kappa shape index (κ1) is 17.5. The molecular formula is C22H16F2N4O. The molecule has 2 aromatic heterocycles. The van der Waals surface area contributed by atoms with Crippen molar-refractivity contribution in [2.24, 2.45) is 0 Å². The highest BCUT2D eigenvalue weighted by atomic mass is 19.1. The number of halogens is 2. The van der Waals surface area contributed by atoms with Gasteiger partial charge < -0.3 is 5.32 Å². The van der Waals surface area contributed by atoms with Crippen molar-refractivity contribution in [1.82, 2.24) is 20.1 Å². The van der Waals surface area contributed by atoms with Crippen LogP contribution in [0.1, 0.15) is 28.8 Å². The van der Waals surface area contributed by atoms with E-state index >= 15 is 0 Å². The average Bonchev–Trinajstić information content (AvgIpc) is 3.38. The molecule has 144 valence electrons. The topological polar surface area (TPSA) is 59.8 Å². The molecule has 0 saturated heterocycles. The molecule has 4 aromatic rings. The minimum absolute atomic E-state index is 0.261. The van der Waals surface area contributed by atoms with Crippen molar-refractivity contribution in [3.63, 3.8) is 0 Å². The van der Waals surface area contributed by atoms with Crippen molar-refractivity contribution < 1.29 is 13.6 Å². The lowest BCUT2D eigenvalue weighted by molar-refractivity contribution is 0.0932. The molecule has 0 unspecified atom stereocenters. The maximum atomic E-state index is 13.2. The minimum atomic E-state index is -0.472. The van der Waals surface area contributed by atoms with Gasteiger partial charge in [-0.15, -0.1) is 0 Å². The van der Waals surface area contributed by atoms with Crippen LogP contribution < -0.4 is 5.32 Å².